The molecule has 0 spiro atoms. The van der Waals surface area contributed by atoms with Crippen LogP contribution in [0.3, 0.4) is 0 Å². The molecule has 0 saturated heterocycles. The fourth-order valence-corrected chi connectivity index (χ4v) is 1.27. The molecule has 1 aromatic carbocycles. The lowest BCUT2D eigenvalue weighted by atomic mass is 10.1. The highest BCUT2D eigenvalue weighted by molar-refractivity contribution is 9.08. The van der Waals surface area contributed by atoms with Gasteiger partial charge < -0.3 is 0 Å². The van der Waals surface area contributed by atoms with Gasteiger partial charge in [0, 0.05) is 16.5 Å². The van der Waals surface area contributed by atoms with Crippen molar-refractivity contribution in [1.82, 2.24) is 0 Å². The first-order valence-corrected chi connectivity index (χ1v) is 4.54. The summed E-state index contributed by atoms with van der Waals surface area (Å²) in [7, 11) is 0. The Bertz CT molecular complexity index is 336. The van der Waals surface area contributed by atoms with Crippen LogP contribution >= 0.6 is 15.9 Å². The zero-order valence-electron chi connectivity index (χ0n) is 6.38. The number of carbonyl (C=O) groups excluding carboxylic acids is 1. The Morgan fingerprint density at radius 1 is 1.50 bits per heavy atom. The average Bonchev–Trinajstić information content (AvgIpc) is 2.16. The minimum absolute atomic E-state index is 0.625. The van der Waals surface area contributed by atoms with Crippen LogP contribution in [0.15, 0.2) is 18.2 Å². The first kappa shape index (κ1) is 9.02. The van der Waals surface area contributed by atoms with Crippen LogP contribution in [0.2, 0.25) is 0 Å². The fourth-order valence-electron chi connectivity index (χ4n) is 0.947. The fraction of sp³-hybridized carbons (Fsp3) is 0.100. The van der Waals surface area contributed by atoms with Crippen molar-refractivity contribution in [3.05, 3.63) is 34.9 Å². The summed E-state index contributed by atoms with van der Waals surface area (Å²) in [6.07, 6.45) is 6.01. The van der Waals surface area contributed by atoms with Crippen LogP contribution in [0.1, 0.15) is 21.5 Å². The highest BCUT2D eigenvalue weighted by Gasteiger charge is 1.96. The molecule has 0 aliphatic rings. The van der Waals surface area contributed by atoms with Crippen molar-refractivity contribution >= 4 is 22.2 Å². The molecular weight excluding hydrogens is 216 g/mol. The van der Waals surface area contributed by atoms with E-state index in [1.807, 2.05) is 12.1 Å². The Morgan fingerprint density at radius 2 is 2.25 bits per heavy atom. The lowest BCUT2D eigenvalue weighted by Gasteiger charge is -1.98. The molecule has 0 heterocycles. The van der Waals surface area contributed by atoms with E-state index in [-0.39, 0.29) is 0 Å². The topological polar surface area (TPSA) is 17.1 Å². The van der Waals surface area contributed by atoms with Gasteiger partial charge in [-0.05, 0) is 23.8 Å². The van der Waals surface area contributed by atoms with Gasteiger partial charge in [-0.25, -0.2) is 0 Å². The predicted molar refractivity (Wildman–Crippen MR) is 52.4 cm³/mol. The molecule has 12 heavy (non-hydrogen) atoms. The van der Waals surface area contributed by atoms with Gasteiger partial charge in [0.25, 0.3) is 0 Å². The van der Waals surface area contributed by atoms with Gasteiger partial charge in [0.15, 0.2) is 0 Å². The van der Waals surface area contributed by atoms with Crippen LogP contribution in [0.4, 0.5) is 0 Å². The van der Waals surface area contributed by atoms with Crippen LogP contribution in [-0.2, 0) is 5.33 Å². The average molecular weight is 223 g/mol. The summed E-state index contributed by atoms with van der Waals surface area (Å²) < 4.78 is 0. The lowest BCUT2D eigenvalue weighted by molar-refractivity contribution is 0.112. The van der Waals surface area contributed by atoms with Gasteiger partial charge in [0.05, 0.1) is 0 Å². The summed E-state index contributed by atoms with van der Waals surface area (Å²) >= 11 is 3.30. The third-order valence-corrected chi connectivity index (χ3v) is 2.12. The monoisotopic (exact) mass is 222 g/mol. The highest BCUT2D eigenvalue weighted by atomic mass is 79.9. The summed E-state index contributed by atoms with van der Waals surface area (Å²) in [5.74, 6) is 2.50. The Morgan fingerprint density at radius 3 is 2.75 bits per heavy atom. The van der Waals surface area contributed by atoms with Crippen molar-refractivity contribution in [2.45, 2.75) is 5.33 Å². The van der Waals surface area contributed by atoms with Crippen molar-refractivity contribution in [3.63, 3.8) is 0 Å². The molecule has 0 atom stereocenters. The van der Waals surface area contributed by atoms with E-state index in [1.165, 1.54) is 0 Å². The molecule has 1 nitrogen and oxygen atoms in total. The summed E-state index contributed by atoms with van der Waals surface area (Å²) in [5.41, 5.74) is 2.39. The van der Waals surface area contributed by atoms with E-state index in [4.69, 9.17) is 6.42 Å². The maximum atomic E-state index is 10.5. The van der Waals surface area contributed by atoms with E-state index < -0.39 is 0 Å². The number of hydrogen-bond donors (Lipinski definition) is 0. The number of halogens is 1. The molecule has 0 aromatic heterocycles. The Balaban J connectivity index is 3.21. The molecule has 60 valence electrons. The number of aldehydes is 1. The van der Waals surface area contributed by atoms with Crippen LogP contribution in [0, 0.1) is 12.3 Å². The number of rotatable bonds is 2. The van der Waals surface area contributed by atoms with Gasteiger partial charge in [-0.15, -0.1) is 6.42 Å². The molecule has 1 aromatic rings. The van der Waals surface area contributed by atoms with Gasteiger partial charge in [-0.1, -0.05) is 21.9 Å². The molecule has 1 rings (SSSR count). The van der Waals surface area contributed by atoms with Crippen molar-refractivity contribution in [1.29, 1.82) is 0 Å². The molecule has 2 heteroatoms. The molecule has 0 N–H and O–H groups in total. The van der Waals surface area contributed by atoms with E-state index in [0.717, 1.165) is 17.4 Å². The van der Waals surface area contributed by atoms with E-state index in [1.54, 1.807) is 6.07 Å². The molecule has 0 unspecified atom stereocenters. The van der Waals surface area contributed by atoms with Gasteiger partial charge in [0.2, 0.25) is 0 Å². The first-order valence-electron chi connectivity index (χ1n) is 3.42. The maximum Gasteiger partial charge on any atom is 0.150 e. The molecule has 0 radical (unpaired) electrons. The molecule has 0 bridgehead atoms. The third kappa shape index (κ3) is 1.96. The largest absolute Gasteiger partial charge is 0.298 e. The van der Waals surface area contributed by atoms with Gasteiger partial charge in [-0.2, -0.15) is 0 Å². The summed E-state index contributed by atoms with van der Waals surface area (Å²) in [6, 6.07) is 5.38. The highest BCUT2D eigenvalue weighted by Crippen LogP contribution is 2.11. The van der Waals surface area contributed by atoms with Gasteiger partial charge >= 0.3 is 0 Å². The Labute approximate surface area is 79.9 Å². The number of carbonyl (C=O) groups is 1. The summed E-state index contributed by atoms with van der Waals surface area (Å²) in [4.78, 5) is 10.5. The third-order valence-electron chi connectivity index (χ3n) is 1.47. The lowest BCUT2D eigenvalue weighted by Crippen LogP contribution is -1.86. The predicted octanol–water partition coefficient (Wildman–Crippen LogP) is 2.38. The van der Waals surface area contributed by atoms with Crippen molar-refractivity contribution in [3.8, 4) is 12.3 Å². The molecule has 0 fully saturated rings. The molecule has 0 amide bonds. The van der Waals surface area contributed by atoms with Crippen LogP contribution in [0.25, 0.3) is 0 Å². The van der Waals surface area contributed by atoms with Crippen molar-refractivity contribution in [2.75, 3.05) is 0 Å². The minimum Gasteiger partial charge on any atom is -0.298 e. The molecule has 0 aliphatic carbocycles. The van der Waals surface area contributed by atoms with E-state index in [0.29, 0.717) is 10.9 Å². The second-order valence-electron chi connectivity index (χ2n) is 2.36. The minimum atomic E-state index is 0.625. The number of hydrogen-bond acceptors (Lipinski definition) is 1. The SMILES string of the molecule is C#Cc1cc(C=O)cc(CBr)c1. The van der Waals surface area contributed by atoms with Crippen molar-refractivity contribution in [2.24, 2.45) is 0 Å². The molecule has 0 saturated carbocycles. The van der Waals surface area contributed by atoms with Crippen LogP contribution in [-0.4, -0.2) is 6.29 Å². The first-order chi connectivity index (χ1) is 5.80. The van der Waals surface area contributed by atoms with E-state index in [9.17, 15) is 4.79 Å². The summed E-state index contributed by atoms with van der Waals surface area (Å²) in [5, 5.41) is 0.712. The zero-order chi connectivity index (χ0) is 8.97. The number of benzene rings is 1. The van der Waals surface area contributed by atoms with Gasteiger partial charge in [-0.3, -0.25) is 4.79 Å². The standard InChI is InChI=1S/C10H7BrO/c1-2-8-3-9(6-11)5-10(4-8)7-12/h1,3-5,7H,6H2. The smallest absolute Gasteiger partial charge is 0.150 e. The Hall–Kier alpha value is -1.07. The second kappa shape index (κ2) is 4.08. The number of alkyl halides is 1. The van der Waals surface area contributed by atoms with Gasteiger partial charge in [0.1, 0.15) is 6.29 Å². The van der Waals surface area contributed by atoms with Crippen LogP contribution < -0.4 is 0 Å². The number of terminal acetylenes is 1. The maximum absolute atomic E-state index is 10.5. The second-order valence-corrected chi connectivity index (χ2v) is 2.92. The molecule has 0 aliphatic heterocycles. The summed E-state index contributed by atoms with van der Waals surface area (Å²) in [6.45, 7) is 0. The zero-order valence-corrected chi connectivity index (χ0v) is 7.97. The molecular formula is C10H7BrO. The van der Waals surface area contributed by atoms with E-state index >= 15 is 0 Å². The Kier molecular flexibility index (Phi) is 3.07. The quantitative estimate of drug-likeness (QED) is 0.427. The van der Waals surface area contributed by atoms with E-state index in [2.05, 4.69) is 21.9 Å². The van der Waals surface area contributed by atoms with Crippen molar-refractivity contribution < 1.29 is 4.79 Å². The van der Waals surface area contributed by atoms with Crippen LogP contribution in [0.5, 0.6) is 0 Å². The normalized spacial score (nSPS) is 9.00.